The van der Waals surface area contributed by atoms with E-state index in [1.165, 1.54) is 33.1 Å². The van der Waals surface area contributed by atoms with Gasteiger partial charge in [0.25, 0.3) is 12.4 Å². The second-order valence-electron chi connectivity index (χ2n) is 7.91. The lowest BCUT2D eigenvalue weighted by atomic mass is 10.1. The van der Waals surface area contributed by atoms with Gasteiger partial charge in [0.1, 0.15) is 6.04 Å². The second-order valence-corrected chi connectivity index (χ2v) is 7.91. The molecule has 0 aromatic carbocycles. The summed E-state index contributed by atoms with van der Waals surface area (Å²) in [5, 5.41) is 15.0. The van der Waals surface area contributed by atoms with Crippen molar-refractivity contribution in [3.63, 3.8) is 0 Å². The Kier molecular flexibility index (Phi) is 17.5. The van der Waals surface area contributed by atoms with Gasteiger partial charge in [-0.05, 0) is 25.7 Å². The van der Waals surface area contributed by atoms with E-state index < -0.39 is 30.5 Å². The van der Waals surface area contributed by atoms with E-state index >= 15 is 0 Å². The van der Waals surface area contributed by atoms with Crippen LogP contribution in [0.2, 0.25) is 0 Å². The number of amides is 6. The van der Waals surface area contributed by atoms with Gasteiger partial charge in [-0.25, -0.2) is 0 Å². The predicted molar refractivity (Wildman–Crippen MR) is 132 cm³/mol. The SMILES string of the molecule is CNC(=O)CC[C@@H](NC(=O)COC=O)C(=O)NCCCC[C@@H](C(=O)NC)N(CC(=O)NC)CC(=O)NC. The quantitative estimate of drug-likeness (QED) is 0.0720. The van der Waals surface area contributed by atoms with Crippen LogP contribution in [0.4, 0.5) is 0 Å². The van der Waals surface area contributed by atoms with Crippen molar-refractivity contribution in [3.8, 4) is 0 Å². The molecule has 0 aliphatic heterocycles. The molecule has 0 radical (unpaired) electrons. The van der Waals surface area contributed by atoms with Crippen molar-refractivity contribution in [2.75, 3.05) is 54.4 Å². The number of ether oxygens (including phenoxy) is 1. The Morgan fingerprint density at radius 1 is 0.757 bits per heavy atom. The van der Waals surface area contributed by atoms with Crippen LogP contribution in [-0.4, -0.2) is 113 Å². The molecule has 0 rings (SSSR count). The summed E-state index contributed by atoms with van der Waals surface area (Å²) in [7, 11) is 5.82. The lowest BCUT2D eigenvalue weighted by molar-refractivity contribution is -0.138. The van der Waals surface area contributed by atoms with Crippen LogP contribution in [0.15, 0.2) is 0 Å². The van der Waals surface area contributed by atoms with Gasteiger partial charge in [-0.1, -0.05) is 0 Å². The fourth-order valence-corrected chi connectivity index (χ4v) is 3.26. The number of unbranched alkanes of at least 4 members (excludes halogenated alkanes) is 1. The highest BCUT2D eigenvalue weighted by Gasteiger charge is 2.28. The number of nitrogens with one attached hydrogen (secondary N) is 6. The van der Waals surface area contributed by atoms with Crippen molar-refractivity contribution in [1.29, 1.82) is 0 Å². The van der Waals surface area contributed by atoms with E-state index in [-0.39, 0.29) is 62.6 Å². The monoisotopic (exact) mass is 529 g/mol. The molecule has 0 aromatic heterocycles. The van der Waals surface area contributed by atoms with Crippen LogP contribution in [0.1, 0.15) is 32.1 Å². The van der Waals surface area contributed by atoms with Crippen LogP contribution < -0.4 is 31.9 Å². The van der Waals surface area contributed by atoms with Crippen molar-refractivity contribution < 1.29 is 38.3 Å². The van der Waals surface area contributed by atoms with E-state index in [9.17, 15) is 33.6 Å². The Labute approximate surface area is 216 Å². The zero-order valence-corrected chi connectivity index (χ0v) is 21.8. The minimum atomic E-state index is -1.02. The van der Waals surface area contributed by atoms with Gasteiger partial charge in [-0.3, -0.25) is 38.5 Å². The third-order valence-electron chi connectivity index (χ3n) is 5.32. The molecule has 0 unspecified atom stereocenters. The van der Waals surface area contributed by atoms with E-state index in [0.29, 0.717) is 19.3 Å². The van der Waals surface area contributed by atoms with Crippen molar-refractivity contribution in [2.45, 2.75) is 44.2 Å². The Morgan fingerprint density at radius 2 is 1.35 bits per heavy atom. The maximum Gasteiger partial charge on any atom is 0.293 e. The van der Waals surface area contributed by atoms with Crippen LogP contribution in [-0.2, 0) is 38.3 Å². The number of hydrogen-bond donors (Lipinski definition) is 6. The molecule has 210 valence electrons. The minimum absolute atomic E-state index is 0.0102. The van der Waals surface area contributed by atoms with Gasteiger partial charge in [-0.2, -0.15) is 0 Å². The zero-order valence-electron chi connectivity index (χ0n) is 21.8. The molecular weight excluding hydrogens is 490 g/mol. The minimum Gasteiger partial charge on any atom is -0.458 e. The van der Waals surface area contributed by atoms with E-state index in [2.05, 4.69) is 36.6 Å². The van der Waals surface area contributed by atoms with Crippen LogP contribution in [0.5, 0.6) is 0 Å². The van der Waals surface area contributed by atoms with Gasteiger partial charge >= 0.3 is 0 Å². The maximum absolute atomic E-state index is 12.6. The molecule has 0 saturated carbocycles. The smallest absolute Gasteiger partial charge is 0.293 e. The summed E-state index contributed by atoms with van der Waals surface area (Å²) in [6, 6.07) is -1.78. The highest BCUT2D eigenvalue weighted by Crippen LogP contribution is 2.10. The molecule has 0 bridgehead atoms. The summed E-state index contributed by atoms with van der Waals surface area (Å²) in [6.45, 7) is -0.549. The Balaban J connectivity index is 5.03. The number of hydrogen-bond acceptors (Lipinski definition) is 9. The average Bonchev–Trinajstić information content (AvgIpc) is 2.90. The third-order valence-corrected chi connectivity index (χ3v) is 5.32. The summed E-state index contributed by atoms with van der Waals surface area (Å²) < 4.78 is 4.38. The molecule has 0 aliphatic rings. The summed E-state index contributed by atoms with van der Waals surface area (Å²) >= 11 is 0. The third kappa shape index (κ3) is 14.4. The van der Waals surface area contributed by atoms with Gasteiger partial charge in [-0.15, -0.1) is 0 Å². The van der Waals surface area contributed by atoms with E-state index in [0.717, 1.165) is 0 Å². The first-order valence-electron chi connectivity index (χ1n) is 11.8. The molecule has 0 aromatic rings. The van der Waals surface area contributed by atoms with E-state index in [4.69, 9.17) is 0 Å². The molecular formula is C22H39N7O8. The summed E-state index contributed by atoms with van der Waals surface area (Å²) in [4.78, 5) is 84.1. The first-order valence-corrected chi connectivity index (χ1v) is 11.8. The van der Waals surface area contributed by atoms with Crippen LogP contribution in [0.3, 0.4) is 0 Å². The standard InChI is InChI=1S/C22H39N7O8/c1-23-17(31)9-8-15(28-20(34)13-37-14-30)21(35)27-10-6-5-7-16(22(36)26-4)29(11-18(32)24-2)12-19(33)25-3/h14-16H,5-13H2,1-4H3,(H,23,31)(H,24,32)(H,25,33)(H,26,36)(H,27,35)(H,28,34)/t15-,16+/m1/s1. The molecule has 0 spiro atoms. The van der Waals surface area contributed by atoms with Gasteiger partial charge in [0, 0.05) is 41.2 Å². The highest BCUT2D eigenvalue weighted by atomic mass is 16.5. The Morgan fingerprint density at radius 3 is 1.86 bits per heavy atom. The van der Waals surface area contributed by atoms with Crippen molar-refractivity contribution in [1.82, 2.24) is 36.8 Å². The topological polar surface area (TPSA) is 204 Å². The lowest BCUT2D eigenvalue weighted by Crippen LogP contribution is -2.52. The lowest BCUT2D eigenvalue weighted by Gasteiger charge is -2.29. The molecule has 0 fully saturated rings. The molecule has 0 saturated heterocycles. The highest BCUT2D eigenvalue weighted by molar-refractivity contribution is 5.89. The fraction of sp³-hybridized carbons (Fsp3) is 0.682. The number of likely N-dealkylation sites (N-methyl/N-ethyl adjacent to an activating group) is 3. The molecule has 37 heavy (non-hydrogen) atoms. The fourth-order valence-electron chi connectivity index (χ4n) is 3.26. The molecule has 0 aliphatic carbocycles. The van der Waals surface area contributed by atoms with Crippen LogP contribution in [0, 0.1) is 0 Å². The van der Waals surface area contributed by atoms with Gasteiger partial charge in [0.15, 0.2) is 6.61 Å². The summed E-state index contributed by atoms with van der Waals surface area (Å²) in [6.07, 6.45) is 1.26. The van der Waals surface area contributed by atoms with Crippen LogP contribution in [0.25, 0.3) is 0 Å². The van der Waals surface area contributed by atoms with E-state index in [1.807, 2.05) is 0 Å². The Hall–Kier alpha value is -3.75. The largest absolute Gasteiger partial charge is 0.458 e. The zero-order chi connectivity index (χ0) is 28.2. The van der Waals surface area contributed by atoms with Crippen molar-refractivity contribution >= 4 is 41.9 Å². The first kappa shape index (κ1) is 33.2. The number of carbonyl (C=O) groups excluding carboxylic acids is 7. The molecule has 6 N–H and O–H groups in total. The second kappa shape index (κ2) is 19.4. The Bertz CT molecular complexity index is 775. The van der Waals surface area contributed by atoms with Gasteiger partial charge in [0.05, 0.1) is 19.1 Å². The van der Waals surface area contributed by atoms with Gasteiger partial charge < -0.3 is 36.6 Å². The maximum atomic E-state index is 12.6. The van der Waals surface area contributed by atoms with Crippen molar-refractivity contribution in [3.05, 3.63) is 0 Å². The van der Waals surface area contributed by atoms with Crippen LogP contribution >= 0.6 is 0 Å². The normalized spacial score (nSPS) is 11.9. The van der Waals surface area contributed by atoms with Crippen molar-refractivity contribution in [2.24, 2.45) is 0 Å². The van der Waals surface area contributed by atoms with Gasteiger partial charge in [0.2, 0.25) is 29.5 Å². The summed E-state index contributed by atoms with van der Waals surface area (Å²) in [5.41, 5.74) is 0. The molecule has 15 heteroatoms. The number of carbonyl (C=O) groups is 7. The molecule has 2 atom stereocenters. The van der Waals surface area contributed by atoms with E-state index in [1.54, 1.807) is 0 Å². The number of rotatable bonds is 19. The molecule has 0 heterocycles. The number of nitrogens with zero attached hydrogens (tertiary/aromatic N) is 1. The summed E-state index contributed by atoms with van der Waals surface area (Å²) in [5.74, 6) is -2.58. The molecule has 6 amide bonds. The average molecular weight is 530 g/mol. The first-order chi connectivity index (χ1) is 17.6. The predicted octanol–water partition coefficient (Wildman–Crippen LogP) is -3.63. The molecule has 15 nitrogen and oxygen atoms in total.